The van der Waals surface area contributed by atoms with Crippen molar-refractivity contribution < 1.29 is 27.8 Å². The zero-order valence-electron chi connectivity index (χ0n) is 14.2. The molecule has 0 fully saturated rings. The van der Waals surface area contributed by atoms with Gasteiger partial charge >= 0.3 is 5.97 Å². The average Bonchev–Trinajstić information content (AvgIpc) is 3.12. The predicted molar refractivity (Wildman–Crippen MR) is 102 cm³/mol. The van der Waals surface area contributed by atoms with Crippen molar-refractivity contribution in [3.05, 3.63) is 35.2 Å². The van der Waals surface area contributed by atoms with Crippen LogP contribution in [0.15, 0.2) is 28.7 Å². The Kier molecular flexibility index (Phi) is 7.14. The molecule has 0 aliphatic carbocycles. The van der Waals surface area contributed by atoms with Gasteiger partial charge in [-0.25, -0.2) is 27.7 Å². The van der Waals surface area contributed by atoms with Crippen molar-refractivity contribution in [3.63, 3.8) is 0 Å². The molecular weight excluding hydrogens is 429 g/mol. The molecule has 0 aliphatic rings. The Morgan fingerprint density at radius 1 is 1.48 bits per heavy atom. The fraction of sp³-hybridized carbons (Fsp3) is 0.0714. The number of carbonyl (C=O) groups excluding carboxylic acids is 1. The number of carboxylic acids is 1. The van der Waals surface area contributed by atoms with Gasteiger partial charge in [0.05, 0.1) is 16.9 Å². The molecule has 0 saturated heterocycles. The fourth-order valence-electron chi connectivity index (χ4n) is 1.98. The minimum Gasteiger partial charge on any atom is -0.476 e. The van der Waals surface area contributed by atoms with Crippen molar-refractivity contribution in [3.8, 4) is 6.19 Å². The van der Waals surface area contributed by atoms with Crippen LogP contribution in [0.25, 0.3) is 0 Å². The molecule has 12 nitrogen and oxygen atoms in total. The van der Waals surface area contributed by atoms with E-state index < -0.39 is 41.2 Å². The number of carboxylic acid groups (broad SMARTS) is 1. The monoisotopic (exact) mass is 441 g/mol. The molecule has 1 amide bonds. The van der Waals surface area contributed by atoms with Crippen molar-refractivity contribution in [1.29, 1.82) is 5.26 Å². The van der Waals surface area contributed by atoms with Gasteiger partial charge < -0.3 is 16.2 Å². The molecule has 1 atom stereocenters. The van der Waals surface area contributed by atoms with Gasteiger partial charge in [-0.05, 0) is 12.1 Å². The van der Waals surface area contributed by atoms with E-state index in [1.807, 2.05) is 5.32 Å². The van der Waals surface area contributed by atoms with E-state index in [1.54, 1.807) is 0 Å². The molecule has 0 radical (unpaired) electrons. The lowest BCUT2D eigenvalue weighted by atomic mass is 10.2. The Balaban J connectivity index is 2.25. The summed E-state index contributed by atoms with van der Waals surface area (Å²) in [7, 11) is 0. The number of nitrogens with zero attached hydrogens (tertiary/aromatic N) is 4. The van der Waals surface area contributed by atoms with E-state index in [9.17, 15) is 22.7 Å². The molecule has 0 spiro atoms. The summed E-state index contributed by atoms with van der Waals surface area (Å²) in [6.07, 6.45) is 1.51. The first-order valence-electron chi connectivity index (χ1n) is 7.37. The maximum atomic E-state index is 14.4. The van der Waals surface area contributed by atoms with Gasteiger partial charge in [-0.3, -0.25) is 14.7 Å². The zero-order valence-corrected chi connectivity index (χ0v) is 15.8. The molecule has 29 heavy (non-hydrogen) atoms. The first-order chi connectivity index (χ1) is 13.7. The number of nitriles is 1. The van der Waals surface area contributed by atoms with Crippen LogP contribution >= 0.6 is 11.3 Å². The molecule has 6 N–H and O–H groups in total. The first-order valence-corrected chi connectivity index (χ1v) is 9.31. The first kappa shape index (κ1) is 21.7. The molecule has 0 aliphatic heterocycles. The number of guanidine groups is 1. The molecule has 1 heterocycles. The Morgan fingerprint density at radius 3 is 2.79 bits per heavy atom. The van der Waals surface area contributed by atoms with E-state index in [-0.39, 0.29) is 22.3 Å². The molecule has 1 aromatic heterocycles. The smallest absolute Gasteiger partial charge is 0.357 e. The highest BCUT2D eigenvalue weighted by molar-refractivity contribution is 7.81. The topological polar surface area (TPSA) is 194 Å². The van der Waals surface area contributed by atoms with Crippen LogP contribution in [0.4, 0.5) is 20.8 Å². The van der Waals surface area contributed by atoms with Gasteiger partial charge in [0.1, 0.15) is 17.4 Å². The second kappa shape index (κ2) is 9.54. The van der Waals surface area contributed by atoms with Crippen molar-refractivity contribution in [2.45, 2.75) is 0 Å². The number of nitrogens with two attached hydrogens (primary N) is 1. The Morgan fingerprint density at radius 2 is 2.21 bits per heavy atom. The quantitative estimate of drug-likeness (QED) is 0.134. The number of nitrogens with one attached hydrogen (secondary N) is 2. The Hall–Kier alpha value is -3.61. The summed E-state index contributed by atoms with van der Waals surface area (Å²) in [5, 5.41) is 21.5. The summed E-state index contributed by atoms with van der Waals surface area (Å²) >= 11 is -1.95. The number of hydrogen-bond donors (Lipinski definition) is 5. The van der Waals surface area contributed by atoms with Crippen molar-refractivity contribution in [2.24, 2.45) is 10.7 Å². The second-order valence-electron chi connectivity index (χ2n) is 4.99. The summed E-state index contributed by atoms with van der Waals surface area (Å²) in [5.41, 5.74) is 5.56. The van der Waals surface area contributed by atoms with E-state index >= 15 is 0 Å². The number of thiazole rings is 1. The number of carbonyl (C=O) groups is 2. The molecule has 15 heteroatoms. The summed E-state index contributed by atoms with van der Waals surface area (Å²) in [6.45, 7) is -0.489. The maximum absolute atomic E-state index is 14.4. The number of aromatic nitrogens is 1. The van der Waals surface area contributed by atoms with Gasteiger partial charge in [0.2, 0.25) is 11.9 Å². The van der Waals surface area contributed by atoms with Gasteiger partial charge in [-0.1, -0.05) is 0 Å². The van der Waals surface area contributed by atoms with E-state index in [4.69, 9.17) is 16.1 Å². The lowest BCUT2D eigenvalue weighted by Gasteiger charge is -2.19. The molecule has 1 unspecified atom stereocenters. The Labute approximate surface area is 168 Å². The number of anilines is 3. The SMILES string of the molecule is N#CNC(N)=NCC(=O)Nc1ccc(N(c2scnc2C(=O)O)S(=O)O)cc1F. The lowest BCUT2D eigenvalue weighted by molar-refractivity contribution is -0.114. The maximum Gasteiger partial charge on any atom is 0.357 e. The van der Waals surface area contributed by atoms with Crippen LogP contribution in [0.5, 0.6) is 0 Å². The van der Waals surface area contributed by atoms with E-state index in [1.165, 1.54) is 12.3 Å². The van der Waals surface area contributed by atoms with Gasteiger partial charge in [0, 0.05) is 6.07 Å². The number of aromatic carboxylic acids is 1. The van der Waals surface area contributed by atoms with Crippen LogP contribution < -0.4 is 20.7 Å². The molecule has 2 rings (SSSR count). The molecule has 2 aromatic rings. The molecule has 0 bridgehead atoms. The molecule has 1 aromatic carbocycles. The van der Waals surface area contributed by atoms with Gasteiger partial charge in [-0.2, -0.15) is 5.26 Å². The van der Waals surface area contributed by atoms with Gasteiger partial charge in [0.25, 0.3) is 11.3 Å². The number of hydrogen-bond acceptors (Lipinski definition) is 7. The molecular formula is C14H12FN7O5S2. The lowest BCUT2D eigenvalue weighted by Crippen LogP contribution is -2.29. The van der Waals surface area contributed by atoms with Crippen molar-refractivity contribution in [1.82, 2.24) is 10.3 Å². The number of aliphatic imine (C=N–C) groups is 1. The van der Waals surface area contributed by atoms with E-state index in [0.717, 1.165) is 29.0 Å². The Bertz CT molecular complexity index is 1040. The fourth-order valence-corrected chi connectivity index (χ4v) is 3.54. The standard InChI is InChI=1S/C14H12FN7O5S2/c15-8-3-7(22(29(26)27)12-11(13(24)25)20-6-28-12)1-2-9(8)21-10(23)4-18-14(17)19-5-16/h1-3,6H,4H2,(H,21,23)(H,24,25)(H,26,27)(H3,17,18,19). The van der Waals surface area contributed by atoms with E-state index in [0.29, 0.717) is 4.31 Å². The second-order valence-corrected chi connectivity index (χ2v) is 6.65. The number of benzene rings is 1. The summed E-state index contributed by atoms with van der Waals surface area (Å²) in [4.78, 5) is 30.1. The third-order valence-electron chi connectivity index (χ3n) is 3.13. The van der Waals surface area contributed by atoms with Crippen LogP contribution in [-0.2, 0) is 16.1 Å². The summed E-state index contributed by atoms with van der Waals surface area (Å²) < 4.78 is 36.3. The van der Waals surface area contributed by atoms with E-state index in [2.05, 4.69) is 15.3 Å². The molecule has 152 valence electrons. The predicted octanol–water partition coefficient (Wildman–Crippen LogP) is 0.579. The van der Waals surface area contributed by atoms with Crippen LogP contribution in [0.3, 0.4) is 0 Å². The highest BCUT2D eigenvalue weighted by Crippen LogP contribution is 2.34. The number of amides is 1. The van der Waals surface area contributed by atoms with Crippen LogP contribution in [0.1, 0.15) is 10.5 Å². The largest absolute Gasteiger partial charge is 0.476 e. The minimum absolute atomic E-state index is 0.145. The highest BCUT2D eigenvalue weighted by atomic mass is 32.2. The minimum atomic E-state index is -2.73. The average molecular weight is 441 g/mol. The third kappa shape index (κ3) is 5.44. The zero-order chi connectivity index (χ0) is 21.6. The number of rotatable bonds is 7. The normalized spacial score (nSPS) is 12.0. The van der Waals surface area contributed by atoms with Gasteiger partial charge in [0.15, 0.2) is 11.9 Å². The third-order valence-corrected chi connectivity index (χ3v) is 4.76. The van der Waals surface area contributed by atoms with Gasteiger partial charge in [-0.15, -0.1) is 11.3 Å². The summed E-state index contributed by atoms with van der Waals surface area (Å²) in [6, 6.07) is 3.15. The van der Waals surface area contributed by atoms with Crippen LogP contribution in [-0.4, -0.2) is 43.2 Å². The van der Waals surface area contributed by atoms with Crippen LogP contribution in [0, 0.1) is 17.3 Å². The van der Waals surface area contributed by atoms with Crippen LogP contribution in [0.2, 0.25) is 0 Å². The molecule has 0 saturated carbocycles. The van der Waals surface area contributed by atoms with Crippen molar-refractivity contribution >= 4 is 56.8 Å². The number of halogens is 1. The summed E-state index contributed by atoms with van der Waals surface area (Å²) in [5.74, 6) is -3.41. The highest BCUT2D eigenvalue weighted by Gasteiger charge is 2.25. The van der Waals surface area contributed by atoms with Crippen molar-refractivity contribution in [2.75, 3.05) is 16.2 Å².